The van der Waals surface area contributed by atoms with Crippen LogP contribution in [0.15, 0.2) is 54.6 Å². The fraction of sp³-hybridized carbons (Fsp3) is 0.400. The molecule has 1 aliphatic heterocycles. The maximum absolute atomic E-state index is 2.66. The first kappa shape index (κ1) is 14.3. The SMILES string of the molecule is CCCCN1Cc2ccccc2C(c2ccccc2)[C@@H]1C. The molecule has 1 heterocycles. The molecule has 21 heavy (non-hydrogen) atoms. The molecule has 0 radical (unpaired) electrons. The lowest BCUT2D eigenvalue weighted by atomic mass is 9.79. The van der Waals surface area contributed by atoms with Gasteiger partial charge in [0.1, 0.15) is 0 Å². The molecule has 1 nitrogen and oxygen atoms in total. The van der Waals surface area contributed by atoms with Gasteiger partial charge in [-0.3, -0.25) is 4.90 Å². The summed E-state index contributed by atoms with van der Waals surface area (Å²) in [5, 5.41) is 0. The Kier molecular flexibility index (Phi) is 4.40. The van der Waals surface area contributed by atoms with Crippen LogP contribution in [-0.4, -0.2) is 17.5 Å². The standard InChI is InChI=1S/C20H25N/c1-3-4-14-21-15-18-12-8-9-13-19(18)20(16(21)2)17-10-6-5-7-11-17/h5-13,16,20H,3-4,14-15H2,1-2H3/t16-,20?/m0/s1. The van der Waals surface area contributed by atoms with Crippen LogP contribution in [0.3, 0.4) is 0 Å². The average Bonchev–Trinajstić information content (AvgIpc) is 2.54. The van der Waals surface area contributed by atoms with E-state index in [1.54, 1.807) is 0 Å². The molecular weight excluding hydrogens is 254 g/mol. The third-order valence-corrected chi connectivity index (χ3v) is 4.78. The van der Waals surface area contributed by atoms with Crippen molar-refractivity contribution in [1.82, 2.24) is 4.90 Å². The quantitative estimate of drug-likeness (QED) is 0.775. The van der Waals surface area contributed by atoms with Crippen LogP contribution in [0.1, 0.15) is 49.3 Å². The summed E-state index contributed by atoms with van der Waals surface area (Å²) in [6, 6.07) is 20.5. The van der Waals surface area contributed by atoms with Crippen LogP contribution in [0.5, 0.6) is 0 Å². The summed E-state index contributed by atoms with van der Waals surface area (Å²) >= 11 is 0. The molecule has 2 aromatic rings. The van der Waals surface area contributed by atoms with Crippen molar-refractivity contribution >= 4 is 0 Å². The first-order chi connectivity index (χ1) is 10.3. The van der Waals surface area contributed by atoms with E-state index in [0.29, 0.717) is 12.0 Å². The Morgan fingerprint density at radius 1 is 1.00 bits per heavy atom. The molecule has 1 heteroatoms. The number of hydrogen-bond acceptors (Lipinski definition) is 1. The maximum atomic E-state index is 2.66. The minimum Gasteiger partial charge on any atom is -0.295 e. The zero-order valence-corrected chi connectivity index (χ0v) is 13.1. The van der Waals surface area contributed by atoms with Gasteiger partial charge in [-0.05, 0) is 36.6 Å². The van der Waals surface area contributed by atoms with Crippen molar-refractivity contribution < 1.29 is 0 Å². The average molecular weight is 279 g/mol. The molecule has 0 spiro atoms. The predicted octanol–water partition coefficient (Wildman–Crippen LogP) is 4.82. The molecule has 0 saturated heterocycles. The molecule has 2 aromatic carbocycles. The molecule has 3 rings (SSSR count). The molecule has 1 aliphatic rings. The summed E-state index contributed by atoms with van der Waals surface area (Å²) in [5.41, 5.74) is 4.46. The topological polar surface area (TPSA) is 3.24 Å². The van der Waals surface area contributed by atoms with Crippen LogP contribution in [0, 0.1) is 0 Å². The van der Waals surface area contributed by atoms with Crippen molar-refractivity contribution in [3.05, 3.63) is 71.3 Å². The van der Waals surface area contributed by atoms with E-state index < -0.39 is 0 Å². The van der Waals surface area contributed by atoms with E-state index in [9.17, 15) is 0 Å². The van der Waals surface area contributed by atoms with Crippen LogP contribution < -0.4 is 0 Å². The highest BCUT2D eigenvalue weighted by atomic mass is 15.2. The molecule has 0 aromatic heterocycles. The van der Waals surface area contributed by atoms with Crippen molar-refractivity contribution in [3.8, 4) is 0 Å². The van der Waals surface area contributed by atoms with Gasteiger partial charge in [-0.15, -0.1) is 0 Å². The maximum Gasteiger partial charge on any atom is 0.0246 e. The Balaban J connectivity index is 1.99. The zero-order valence-electron chi connectivity index (χ0n) is 13.1. The lowest BCUT2D eigenvalue weighted by Gasteiger charge is -2.41. The Hall–Kier alpha value is -1.60. The number of hydrogen-bond donors (Lipinski definition) is 0. The largest absolute Gasteiger partial charge is 0.295 e. The normalized spacial score (nSPS) is 22.0. The number of nitrogens with zero attached hydrogens (tertiary/aromatic N) is 1. The predicted molar refractivity (Wildman–Crippen MR) is 89.5 cm³/mol. The number of fused-ring (bicyclic) bond motifs is 1. The van der Waals surface area contributed by atoms with E-state index in [4.69, 9.17) is 0 Å². The molecule has 2 atom stereocenters. The van der Waals surface area contributed by atoms with E-state index in [1.807, 2.05) is 0 Å². The van der Waals surface area contributed by atoms with Crippen LogP contribution in [0.4, 0.5) is 0 Å². The second kappa shape index (κ2) is 6.44. The summed E-state index contributed by atoms with van der Waals surface area (Å²) in [5.74, 6) is 0.494. The summed E-state index contributed by atoms with van der Waals surface area (Å²) in [4.78, 5) is 2.66. The molecule has 0 amide bonds. The van der Waals surface area contributed by atoms with Crippen molar-refractivity contribution in [2.24, 2.45) is 0 Å². The lowest BCUT2D eigenvalue weighted by molar-refractivity contribution is 0.166. The molecule has 0 fully saturated rings. The lowest BCUT2D eigenvalue weighted by Crippen LogP contribution is -2.42. The van der Waals surface area contributed by atoms with Gasteiger partial charge in [0.25, 0.3) is 0 Å². The van der Waals surface area contributed by atoms with Crippen molar-refractivity contribution in [1.29, 1.82) is 0 Å². The summed E-state index contributed by atoms with van der Waals surface area (Å²) < 4.78 is 0. The van der Waals surface area contributed by atoms with Gasteiger partial charge in [-0.1, -0.05) is 67.9 Å². The number of unbranched alkanes of at least 4 members (excludes halogenated alkanes) is 1. The van der Waals surface area contributed by atoms with Gasteiger partial charge in [-0.2, -0.15) is 0 Å². The van der Waals surface area contributed by atoms with E-state index in [2.05, 4.69) is 73.3 Å². The smallest absolute Gasteiger partial charge is 0.0246 e. The highest BCUT2D eigenvalue weighted by molar-refractivity contribution is 5.41. The Morgan fingerprint density at radius 3 is 2.48 bits per heavy atom. The molecular formula is C20H25N. The Morgan fingerprint density at radius 2 is 1.71 bits per heavy atom. The molecule has 0 N–H and O–H groups in total. The third kappa shape index (κ3) is 2.89. The van der Waals surface area contributed by atoms with Crippen LogP contribution in [0.25, 0.3) is 0 Å². The summed E-state index contributed by atoms with van der Waals surface area (Å²) in [6.45, 7) is 6.97. The third-order valence-electron chi connectivity index (χ3n) is 4.78. The van der Waals surface area contributed by atoms with Gasteiger partial charge >= 0.3 is 0 Å². The van der Waals surface area contributed by atoms with Crippen LogP contribution in [-0.2, 0) is 6.54 Å². The number of benzene rings is 2. The Labute approximate surface area is 128 Å². The Bertz CT molecular complexity index is 575. The van der Waals surface area contributed by atoms with Gasteiger partial charge in [0.2, 0.25) is 0 Å². The van der Waals surface area contributed by atoms with Gasteiger partial charge in [0.15, 0.2) is 0 Å². The first-order valence-electron chi connectivity index (χ1n) is 8.18. The van der Waals surface area contributed by atoms with Crippen LogP contribution >= 0.6 is 0 Å². The summed E-state index contributed by atoms with van der Waals surface area (Å²) in [7, 11) is 0. The fourth-order valence-electron chi connectivity index (χ4n) is 3.58. The van der Waals surface area contributed by atoms with E-state index in [1.165, 1.54) is 36.1 Å². The first-order valence-corrected chi connectivity index (χ1v) is 8.18. The minimum atomic E-state index is 0.494. The summed E-state index contributed by atoms with van der Waals surface area (Å²) in [6.07, 6.45) is 2.55. The molecule has 110 valence electrons. The molecule has 0 bridgehead atoms. The van der Waals surface area contributed by atoms with E-state index in [-0.39, 0.29) is 0 Å². The second-order valence-corrected chi connectivity index (χ2v) is 6.15. The van der Waals surface area contributed by atoms with E-state index in [0.717, 1.165) is 6.54 Å². The van der Waals surface area contributed by atoms with E-state index >= 15 is 0 Å². The van der Waals surface area contributed by atoms with Crippen LogP contribution in [0.2, 0.25) is 0 Å². The monoisotopic (exact) mass is 279 g/mol. The fourth-order valence-corrected chi connectivity index (χ4v) is 3.58. The molecule has 0 aliphatic carbocycles. The minimum absolute atomic E-state index is 0.494. The highest BCUT2D eigenvalue weighted by Crippen LogP contribution is 2.37. The number of rotatable bonds is 4. The van der Waals surface area contributed by atoms with Gasteiger partial charge in [0, 0.05) is 18.5 Å². The van der Waals surface area contributed by atoms with Crippen molar-refractivity contribution in [3.63, 3.8) is 0 Å². The van der Waals surface area contributed by atoms with Crippen molar-refractivity contribution in [2.45, 2.75) is 45.2 Å². The van der Waals surface area contributed by atoms with Gasteiger partial charge in [0.05, 0.1) is 0 Å². The second-order valence-electron chi connectivity index (χ2n) is 6.15. The highest BCUT2D eigenvalue weighted by Gasteiger charge is 2.32. The van der Waals surface area contributed by atoms with Crippen molar-refractivity contribution in [2.75, 3.05) is 6.54 Å². The molecule has 0 saturated carbocycles. The zero-order chi connectivity index (χ0) is 14.7. The molecule has 1 unspecified atom stereocenters. The van der Waals surface area contributed by atoms with Gasteiger partial charge < -0.3 is 0 Å². The van der Waals surface area contributed by atoms with Gasteiger partial charge in [-0.25, -0.2) is 0 Å².